The Bertz CT molecular complexity index is 664. The van der Waals surface area contributed by atoms with Gasteiger partial charge in [0.05, 0.1) is 0 Å². The van der Waals surface area contributed by atoms with Crippen molar-refractivity contribution in [1.82, 2.24) is 15.0 Å². The van der Waals surface area contributed by atoms with Gasteiger partial charge in [-0.15, -0.1) is 0 Å². The van der Waals surface area contributed by atoms with E-state index in [4.69, 9.17) is 5.73 Å². The second-order valence-corrected chi connectivity index (χ2v) is 5.94. The number of nitrogens with two attached hydrogens (primary N) is 1. The first kappa shape index (κ1) is 15.7. The molecule has 3 heterocycles. The molecule has 0 radical (unpaired) electrons. The van der Waals surface area contributed by atoms with E-state index in [0.29, 0.717) is 6.54 Å². The smallest absolute Gasteiger partial charge is 0.132 e. The van der Waals surface area contributed by atoms with Crippen LogP contribution in [-0.2, 0) is 6.42 Å². The van der Waals surface area contributed by atoms with Crippen LogP contribution in [-0.4, -0.2) is 47.7 Å². The Hall–Kier alpha value is -2.21. The molecule has 0 atom stereocenters. The molecule has 2 aromatic heterocycles. The van der Waals surface area contributed by atoms with Crippen molar-refractivity contribution in [2.24, 2.45) is 5.73 Å². The summed E-state index contributed by atoms with van der Waals surface area (Å²) in [5.41, 5.74) is 9.19. The van der Waals surface area contributed by atoms with Crippen molar-refractivity contribution in [3.63, 3.8) is 0 Å². The number of hydrogen-bond acceptors (Lipinski definition) is 6. The van der Waals surface area contributed by atoms with Gasteiger partial charge in [0.15, 0.2) is 0 Å². The van der Waals surface area contributed by atoms with Gasteiger partial charge in [0, 0.05) is 62.4 Å². The Labute approximate surface area is 137 Å². The van der Waals surface area contributed by atoms with E-state index in [1.807, 2.05) is 19.3 Å². The molecule has 0 aliphatic carbocycles. The van der Waals surface area contributed by atoms with Crippen LogP contribution in [0.15, 0.2) is 24.5 Å². The van der Waals surface area contributed by atoms with Crippen LogP contribution in [0.2, 0.25) is 0 Å². The van der Waals surface area contributed by atoms with Crippen LogP contribution < -0.4 is 15.5 Å². The van der Waals surface area contributed by atoms with Crippen molar-refractivity contribution in [2.75, 3.05) is 42.5 Å². The third-order valence-electron chi connectivity index (χ3n) is 4.21. The van der Waals surface area contributed by atoms with Crippen LogP contribution in [0, 0.1) is 13.8 Å². The van der Waals surface area contributed by atoms with E-state index in [1.54, 1.807) is 0 Å². The molecule has 1 fully saturated rings. The summed E-state index contributed by atoms with van der Waals surface area (Å²) in [4.78, 5) is 18.0. The number of hydrogen-bond donors (Lipinski definition) is 1. The maximum Gasteiger partial charge on any atom is 0.132 e. The van der Waals surface area contributed by atoms with Gasteiger partial charge in [-0.05, 0) is 32.0 Å². The largest absolute Gasteiger partial charge is 0.368 e. The summed E-state index contributed by atoms with van der Waals surface area (Å²) < 4.78 is 0. The average molecular weight is 312 g/mol. The Morgan fingerprint density at radius 2 is 1.83 bits per heavy atom. The lowest BCUT2D eigenvalue weighted by molar-refractivity contribution is 0.643. The van der Waals surface area contributed by atoms with Crippen LogP contribution >= 0.6 is 0 Å². The molecule has 23 heavy (non-hydrogen) atoms. The van der Waals surface area contributed by atoms with Gasteiger partial charge >= 0.3 is 0 Å². The molecule has 1 aliphatic heterocycles. The highest BCUT2D eigenvalue weighted by Gasteiger charge is 2.20. The van der Waals surface area contributed by atoms with Gasteiger partial charge in [0.25, 0.3) is 0 Å². The molecule has 122 valence electrons. The van der Waals surface area contributed by atoms with Crippen LogP contribution in [0.5, 0.6) is 0 Å². The van der Waals surface area contributed by atoms with E-state index >= 15 is 0 Å². The van der Waals surface area contributed by atoms with E-state index < -0.39 is 0 Å². The van der Waals surface area contributed by atoms with Gasteiger partial charge < -0.3 is 15.5 Å². The molecule has 3 rings (SSSR count). The van der Waals surface area contributed by atoms with Crippen molar-refractivity contribution < 1.29 is 0 Å². The highest BCUT2D eigenvalue weighted by molar-refractivity contribution is 5.53. The van der Waals surface area contributed by atoms with E-state index in [1.165, 1.54) is 11.3 Å². The molecular weight excluding hydrogens is 288 g/mol. The number of aromatic nitrogens is 3. The molecule has 2 N–H and O–H groups in total. The van der Waals surface area contributed by atoms with E-state index in [9.17, 15) is 0 Å². The summed E-state index contributed by atoms with van der Waals surface area (Å²) >= 11 is 0. The van der Waals surface area contributed by atoms with Crippen molar-refractivity contribution in [3.05, 3.63) is 41.6 Å². The molecule has 0 saturated carbocycles. The Morgan fingerprint density at radius 1 is 1.09 bits per heavy atom. The molecule has 0 spiro atoms. The second-order valence-electron chi connectivity index (χ2n) is 5.94. The topological polar surface area (TPSA) is 71.2 Å². The molecule has 6 heteroatoms. The summed E-state index contributed by atoms with van der Waals surface area (Å²) in [6.07, 6.45) is 4.59. The van der Waals surface area contributed by atoms with Crippen molar-refractivity contribution in [3.8, 4) is 0 Å². The van der Waals surface area contributed by atoms with Gasteiger partial charge in [-0.2, -0.15) is 0 Å². The quantitative estimate of drug-likeness (QED) is 0.918. The SMILES string of the molecule is Cc1nc(CCN)cc(N2CCN(c3ccncc3C)CC2)n1. The highest BCUT2D eigenvalue weighted by atomic mass is 15.3. The second kappa shape index (κ2) is 6.91. The van der Waals surface area contributed by atoms with Gasteiger partial charge in [0.1, 0.15) is 11.6 Å². The van der Waals surface area contributed by atoms with Crippen LogP contribution in [0.4, 0.5) is 11.5 Å². The van der Waals surface area contributed by atoms with E-state index in [2.05, 4.69) is 43.8 Å². The predicted octanol–water partition coefficient (Wildman–Crippen LogP) is 1.32. The zero-order chi connectivity index (χ0) is 16.2. The number of anilines is 2. The van der Waals surface area contributed by atoms with Crippen molar-refractivity contribution >= 4 is 11.5 Å². The van der Waals surface area contributed by atoms with Gasteiger partial charge in [-0.25, -0.2) is 9.97 Å². The molecule has 1 saturated heterocycles. The molecule has 0 bridgehead atoms. The lowest BCUT2D eigenvalue weighted by Gasteiger charge is -2.37. The molecule has 0 amide bonds. The van der Waals surface area contributed by atoms with Gasteiger partial charge in [-0.3, -0.25) is 4.98 Å². The number of nitrogens with zero attached hydrogens (tertiary/aromatic N) is 5. The highest BCUT2D eigenvalue weighted by Crippen LogP contribution is 2.22. The third kappa shape index (κ3) is 3.59. The lowest BCUT2D eigenvalue weighted by Crippen LogP contribution is -2.47. The van der Waals surface area contributed by atoms with E-state index in [0.717, 1.165) is 49.9 Å². The summed E-state index contributed by atoms with van der Waals surface area (Å²) in [5.74, 6) is 1.84. The molecular formula is C17H24N6. The number of piperazine rings is 1. The van der Waals surface area contributed by atoms with Crippen LogP contribution in [0.3, 0.4) is 0 Å². The monoisotopic (exact) mass is 312 g/mol. The average Bonchev–Trinajstić information content (AvgIpc) is 2.55. The molecule has 6 nitrogen and oxygen atoms in total. The zero-order valence-corrected chi connectivity index (χ0v) is 13.9. The third-order valence-corrected chi connectivity index (χ3v) is 4.21. The fourth-order valence-corrected chi connectivity index (χ4v) is 3.05. The minimum absolute atomic E-state index is 0.616. The van der Waals surface area contributed by atoms with Crippen LogP contribution in [0.1, 0.15) is 17.1 Å². The minimum Gasteiger partial charge on any atom is -0.368 e. The van der Waals surface area contributed by atoms with Gasteiger partial charge in [-0.1, -0.05) is 0 Å². The number of pyridine rings is 1. The first-order valence-corrected chi connectivity index (χ1v) is 8.12. The molecule has 1 aliphatic rings. The maximum absolute atomic E-state index is 5.65. The first-order chi connectivity index (χ1) is 11.2. The first-order valence-electron chi connectivity index (χ1n) is 8.12. The molecule has 0 unspecified atom stereocenters. The molecule has 2 aromatic rings. The number of aryl methyl sites for hydroxylation is 2. The fourth-order valence-electron chi connectivity index (χ4n) is 3.05. The fraction of sp³-hybridized carbons (Fsp3) is 0.471. The Morgan fingerprint density at radius 3 is 2.52 bits per heavy atom. The Kier molecular flexibility index (Phi) is 4.71. The maximum atomic E-state index is 5.65. The summed E-state index contributed by atoms with van der Waals surface area (Å²) in [6, 6.07) is 4.17. The minimum atomic E-state index is 0.616. The normalized spacial score (nSPS) is 15.1. The Balaban J connectivity index is 1.71. The zero-order valence-electron chi connectivity index (χ0n) is 13.9. The van der Waals surface area contributed by atoms with Gasteiger partial charge in [0.2, 0.25) is 0 Å². The van der Waals surface area contributed by atoms with Crippen LogP contribution in [0.25, 0.3) is 0 Å². The van der Waals surface area contributed by atoms with E-state index in [-0.39, 0.29) is 0 Å². The van der Waals surface area contributed by atoms with Crippen molar-refractivity contribution in [2.45, 2.75) is 20.3 Å². The predicted molar refractivity (Wildman–Crippen MR) is 92.9 cm³/mol. The number of rotatable bonds is 4. The standard InChI is InChI=1S/C17H24N6/c1-13-12-19-6-4-16(13)22-7-9-23(10-8-22)17-11-15(3-5-18)20-14(2)21-17/h4,6,11-12H,3,5,7-10,18H2,1-2H3. The summed E-state index contributed by atoms with van der Waals surface area (Å²) in [6.45, 7) is 8.56. The molecule has 0 aromatic carbocycles. The lowest BCUT2D eigenvalue weighted by atomic mass is 10.2. The summed E-state index contributed by atoms with van der Waals surface area (Å²) in [5, 5.41) is 0. The summed E-state index contributed by atoms with van der Waals surface area (Å²) in [7, 11) is 0. The van der Waals surface area contributed by atoms with Crippen molar-refractivity contribution in [1.29, 1.82) is 0 Å².